The van der Waals surface area contributed by atoms with E-state index in [9.17, 15) is 4.79 Å². The van der Waals surface area contributed by atoms with Gasteiger partial charge >= 0.3 is 0 Å². The van der Waals surface area contributed by atoms with Gasteiger partial charge in [-0.3, -0.25) is 4.79 Å². The Hall–Kier alpha value is -1.39. The van der Waals surface area contributed by atoms with Crippen LogP contribution in [0.15, 0.2) is 24.3 Å². The summed E-state index contributed by atoms with van der Waals surface area (Å²) in [5.74, 6) is 0.132. The predicted molar refractivity (Wildman–Crippen MR) is 65.4 cm³/mol. The molecule has 2 N–H and O–H groups in total. The number of carbonyl (C=O) groups excluding carboxylic acids is 1. The van der Waals surface area contributed by atoms with Gasteiger partial charge in [0.25, 0.3) is 0 Å². The third-order valence-electron chi connectivity index (χ3n) is 2.98. The Morgan fingerprint density at radius 3 is 2.82 bits per heavy atom. The lowest BCUT2D eigenvalue weighted by Gasteiger charge is -2.13. The molecule has 0 spiro atoms. The van der Waals surface area contributed by atoms with Crippen LogP contribution in [-0.4, -0.2) is 25.6 Å². The van der Waals surface area contributed by atoms with Crippen LogP contribution in [0, 0.1) is 0 Å². The van der Waals surface area contributed by atoms with Crippen LogP contribution in [0.2, 0.25) is 0 Å². The Labute approximate surface area is 101 Å². The van der Waals surface area contributed by atoms with Crippen LogP contribution >= 0.6 is 0 Å². The van der Waals surface area contributed by atoms with Crippen molar-refractivity contribution in [2.75, 3.05) is 13.7 Å². The van der Waals surface area contributed by atoms with Crippen molar-refractivity contribution < 1.29 is 9.53 Å². The maximum atomic E-state index is 11.1. The molecule has 4 heteroatoms. The van der Waals surface area contributed by atoms with Crippen molar-refractivity contribution in [3.8, 4) is 0 Å². The summed E-state index contributed by atoms with van der Waals surface area (Å²) in [6.45, 7) is 2.13. The number of carbonyl (C=O) groups is 1. The molecule has 2 rings (SSSR count). The van der Waals surface area contributed by atoms with Gasteiger partial charge in [-0.15, -0.1) is 0 Å². The summed E-state index contributed by atoms with van der Waals surface area (Å²) >= 11 is 0. The van der Waals surface area contributed by atoms with Crippen LogP contribution in [0.25, 0.3) is 0 Å². The van der Waals surface area contributed by atoms with Crippen LogP contribution < -0.4 is 10.6 Å². The van der Waals surface area contributed by atoms with Crippen molar-refractivity contribution in [1.82, 2.24) is 10.6 Å². The third kappa shape index (κ3) is 3.28. The molecule has 1 aliphatic heterocycles. The fraction of sp³-hybridized carbons (Fsp3) is 0.462. The first-order valence-corrected chi connectivity index (χ1v) is 5.85. The van der Waals surface area contributed by atoms with E-state index < -0.39 is 0 Å². The third-order valence-corrected chi connectivity index (χ3v) is 2.98. The summed E-state index contributed by atoms with van der Waals surface area (Å²) in [6.07, 6.45) is 0.576. The zero-order valence-electron chi connectivity index (χ0n) is 10.0. The van der Waals surface area contributed by atoms with Gasteiger partial charge in [-0.2, -0.15) is 0 Å². The average molecular weight is 234 g/mol. The number of ether oxygens (including phenoxy) is 1. The lowest BCUT2D eigenvalue weighted by atomic mass is 10.1. The molecule has 4 nitrogen and oxygen atoms in total. The standard InChI is InChI=1S/C13H18N2O2/c1-17-9-11-5-3-2-4-10(11)7-14-12-6-13(16)15-8-12/h2-5,12,14H,6-9H2,1H3,(H,15,16). The molecule has 1 heterocycles. The molecule has 1 aromatic rings. The molecular formula is C13H18N2O2. The number of rotatable bonds is 5. The fourth-order valence-corrected chi connectivity index (χ4v) is 2.03. The van der Waals surface area contributed by atoms with E-state index in [1.54, 1.807) is 7.11 Å². The minimum Gasteiger partial charge on any atom is -0.380 e. The summed E-state index contributed by atoms with van der Waals surface area (Å²) in [6, 6.07) is 8.44. The van der Waals surface area contributed by atoms with Crippen LogP contribution in [0.1, 0.15) is 17.5 Å². The minimum atomic E-state index is 0.132. The van der Waals surface area contributed by atoms with Gasteiger partial charge in [0.05, 0.1) is 6.61 Å². The van der Waals surface area contributed by atoms with Gasteiger partial charge in [0, 0.05) is 32.7 Å². The van der Waals surface area contributed by atoms with Crippen molar-refractivity contribution in [3.05, 3.63) is 35.4 Å². The number of benzene rings is 1. The summed E-state index contributed by atoms with van der Waals surface area (Å²) in [5.41, 5.74) is 2.42. The summed E-state index contributed by atoms with van der Waals surface area (Å²) in [7, 11) is 1.70. The highest BCUT2D eigenvalue weighted by Gasteiger charge is 2.20. The highest BCUT2D eigenvalue weighted by Crippen LogP contribution is 2.10. The first kappa shape index (κ1) is 12.1. The van der Waals surface area contributed by atoms with Crippen molar-refractivity contribution in [3.63, 3.8) is 0 Å². The second-order valence-corrected chi connectivity index (χ2v) is 4.29. The Bertz CT molecular complexity index is 393. The lowest BCUT2D eigenvalue weighted by Crippen LogP contribution is -2.30. The lowest BCUT2D eigenvalue weighted by molar-refractivity contribution is -0.119. The second kappa shape index (κ2) is 5.80. The number of amides is 1. The SMILES string of the molecule is COCc1ccccc1CNC1CNC(=O)C1. The first-order chi connectivity index (χ1) is 8.29. The molecule has 0 saturated carbocycles. The fourth-order valence-electron chi connectivity index (χ4n) is 2.03. The van der Waals surface area contributed by atoms with Crippen molar-refractivity contribution >= 4 is 5.91 Å². The molecule has 1 atom stereocenters. The highest BCUT2D eigenvalue weighted by atomic mass is 16.5. The van der Waals surface area contributed by atoms with Crippen molar-refractivity contribution in [1.29, 1.82) is 0 Å². The molecule has 1 aliphatic rings. The molecular weight excluding hydrogens is 216 g/mol. The monoisotopic (exact) mass is 234 g/mol. The molecule has 0 aliphatic carbocycles. The van der Waals surface area contributed by atoms with Gasteiger partial charge in [0.2, 0.25) is 5.91 Å². The molecule has 0 radical (unpaired) electrons. The van der Waals surface area contributed by atoms with E-state index in [1.165, 1.54) is 11.1 Å². The van der Waals surface area contributed by atoms with Gasteiger partial charge in [-0.25, -0.2) is 0 Å². The van der Waals surface area contributed by atoms with E-state index >= 15 is 0 Å². The first-order valence-electron chi connectivity index (χ1n) is 5.85. The van der Waals surface area contributed by atoms with Crippen molar-refractivity contribution in [2.24, 2.45) is 0 Å². The smallest absolute Gasteiger partial charge is 0.221 e. The molecule has 1 fully saturated rings. The van der Waals surface area contributed by atoms with Crippen LogP contribution in [0.5, 0.6) is 0 Å². The topological polar surface area (TPSA) is 50.4 Å². The normalized spacial score (nSPS) is 19.4. The number of hydrogen-bond acceptors (Lipinski definition) is 3. The van der Waals surface area contributed by atoms with E-state index in [0.29, 0.717) is 13.0 Å². The number of methoxy groups -OCH3 is 1. The Kier molecular flexibility index (Phi) is 4.12. The van der Waals surface area contributed by atoms with Crippen LogP contribution in [0.4, 0.5) is 0 Å². The van der Waals surface area contributed by atoms with Gasteiger partial charge in [0.15, 0.2) is 0 Å². The molecule has 1 aromatic carbocycles. The molecule has 17 heavy (non-hydrogen) atoms. The molecule has 1 saturated heterocycles. The van der Waals surface area contributed by atoms with E-state index in [-0.39, 0.29) is 11.9 Å². The molecule has 0 bridgehead atoms. The van der Waals surface area contributed by atoms with Gasteiger partial charge in [-0.05, 0) is 11.1 Å². The highest BCUT2D eigenvalue weighted by molar-refractivity contribution is 5.78. The van der Waals surface area contributed by atoms with Crippen LogP contribution in [0.3, 0.4) is 0 Å². The summed E-state index contributed by atoms with van der Waals surface area (Å²) < 4.78 is 5.16. The second-order valence-electron chi connectivity index (χ2n) is 4.29. The van der Waals surface area contributed by atoms with Crippen molar-refractivity contribution in [2.45, 2.75) is 25.6 Å². The van der Waals surface area contributed by atoms with E-state index in [2.05, 4.69) is 22.8 Å². The average Bonchev–Trinajstić information content (AvgIpc) is 2.74. The van der Waals surface area contributed by atoms with E-state index in [0.717, 1.165) is 13.1 Å². The van der Waals surface area contributed by atoms with Gasteiger partial charge in [0.1, 0.15) is 0 Å². The maximum absolute atomic E-state index is 11.1. The molecule has 1 amide bonds. The minimum absolute atomic E-state index is 0.132. The van der Waals surface area contributed by atoms with E-state index in [1.807, 2.05) is 12.1 Å². The Morgan fingerprint density at radius 1 is 1.41 bits per heavy atom. The summed E-state index contributed by atoms with van der Waals surface area (Å²) in [5, 5.41) is 6.21. The number of hydrogen-bond donors (Lipinski definition) is 2. The quantitative estimate of drug-likeness (QED) is 0.792. The Balaban J connectivity index is 1.91. The Morgan fingerprint density at radius 2 is 2.18 bits per heavy atom. The predicted octanol–water partition coefficient (Wildman–Crippen LogP) is 0.811. The molecule has 0 aromatic heterocycles. The zero-order valence-corrected chi connectivity index (χ0v) is 10.0. The summed E-state index contributed by atoms with van der Waals surface area (Å²) in [4.78, 5) is 11.1. The van der Waals surface area contributed by atoms with Gasteiger partial charge in [-0.1, -0.05) is 24.3 Å². The van der Waals surface area contributed by atoms with Gasteiger partial charge < -0.3 is 15.4 Å². The zero-order chi connectivity index (χ0) is 12.1. The maximum Gasteiger partial charge on any atom is 0.221 e. The number of nitrogens with one attached hydrogen (secondary N) is 2. The van der Waals surface area contributed by atoms with E-state index in [4.69, 9.17) is 4.74 Å². The largest absolute Gasteiger partial charge is 0.380 e. The molecule has 92 valence electrons. The van der Waals surface area contributed by atoms with Crippen LogP contribution in [-0.2, 0) is 22.7 Å². The molecule has 1 unspecified atom stereocenters.